The molecule has 0 fully saturated rings. The average molecular weight is 221 g/mol. The Balaban J connectivity index is 2.06. The molecule has 15 heavy (non-hydrogen) atoms. The third-order valence-corrected chi connectivity index (χ3v) is 3.00. The van der Waals surface area contributed by atoms with E-state index in [1.54, 1.807) is 11.8 Å². The molecule has 0 saturated heterocycles. The van der Waals surface area contributed by atoms with Crippen LogP contribution >= 0.6 is 11.8 Å². The highest BCUT2D eigenvalue weighted by Crippen LogP contribution is 2.13. The normalized spacial score (nSPS) is 11.0. The number of nitrogens with zero attached hydrogens (tertiary/aromatic N) is 1. The fourth-order valence-corrected chi connectivity index (χ4v) is 1.98. The molecule has 0 N–H and O–H groups in total. The summed E-state index contributed by atoms with van der Waals surface area (Å²) < 4.78 is 0. The zero-order chi connectivity index (χ0) is 10.8. The first-order valence-electron chi connectivity index (χ1n) is 5.62. The number of aromatic nitrogens is 1. The van der Waals surface area contributed by atoms with Crippen LogP contribution in [0.3, 0.4) is 0 Å². The molecule has 1 heterocycles. The Hall–Kier alpha value is -0.760. The fourth-order valence-electron chi connectivity index (χ4n) is 1.26. The summed E-state index contributed by atoms with van der Waals surface area (Å²) in [6.07, 6.45) is 11.6. The summed E-state index contributed by atoms with van der Waals surface area (Å²) in [6.45, 7) is 2.24. The highest BCUT2D eigenvalue weighted by atomic mass is 32.2. The fraction of sp³-hybridized carbons (Fsp3) is 0.462. The summed E-state index contributed by atoms with van der Waals surface area (Å²) in [6, 6.07) is 6.03. The summed E-state index contributed by atoms with van der Waals surface area (Å²) >= 11 is 1.79. The molecule has 2 heteroatoms. The van der Waals surface area contributed by atoms with Gasteiger partial charge in [-0.15, -0.1) is 11.8 Å². The number of thioether (sulfide) groups is 1. The second kappa shape index (κ2) is 8.54. The summed E-state index contributed by atoms with van der Waals surface area (Å²) in [5.41, 5.74) is 0. The van der Waals surface area contributed by atoms with Gasteiger partial charge in [0.05, 0.1) is 5.03 Å². The van der Waals surface area contributed by atoms with E-state index in [4.69, 9.17) is 0 Å². The van der Waals surface area contributed by atoms with Gasteiger partial charge in [0.1, 0.15) is 0 Å². The predicted octanol–water partition coefficient (Wildman–Crippen LogP) is 4.31. The van der Waals surface area contributed by atoms with Gasteiger partial charge in [-0.2, -0.15) is 0 Å². The molecule has 1 nitrogen and oxygen atoms in total. The van der Waals surface area contributed by atoms with Crippen LogP contribution in [0, 0.1) is 0 Å². The molecule has 0 atom stereocenters. The van der Waals surface area contributed by atoms with E-state index in [0.717, 1.165) is 10.8 Å². The summed E-state index contributed by atoms with van der Waals surface area (Å²) in [4.78, 5) is 4.26. The van der Waals surface area contributed by atoms with Gasteiger partial charge in [-0.25, -0.2) is 4.98 Å². The molecule has 0 bridgehead atoms. The Bertz CT molecular complexity index is 269. The molecule has 1 rings (SSSR count). The second-order valence-electron chi connectivity index (χ2n) is 3.45. The number of unbranched alkanes of at least 4 members (excludes halogenated alkanes) is 3. The SMILES string of the molecule is CCCCC/C=C/CSc1ccccn1. The lowest BCUT2D eigenvalue weighted by Crippen LogP contribution is -1.78. The highest BCUT2D eigenvalue weighted by Gasteiger charge is 1.89. The number of allylic oxidation sites excluding steroid dienone is 1. The topological polar surface area (TPSA) is 12.9 Å². The maximum Gasteiger partial charge on any atom is 0.0962 e. The van der Waals surface area contributed by atoms with Crippen LogP contribution in [0.2, 0.25) is 0 Å². The molecule has 0 unspecified atom stereocenters. The van der Waals surface area contributed by atoms with E-state index in [2.05, 4.69) is 30.1 Å². The van der Waals surface area contributed by atoms with E-state index in [0.29, 0.717) is 0 Å². The summed E-state index contributed by atoms with van der Waals surface area (Å²) in [7, 11) is 0. The van der Waals surface area contributed by atoms with Crippen LogP contribution in [0.4, 0.5) is 0 Å². The van der Waals surface area contributed by atoms with Crippen molar-refractivity contribution in [3.63, 3.8) is 0 Å². The van der Waals surface area contributed by atoms with Crippen LogP contribution in [0.15, 0.2) is 41.6 Å². The van der Waals surface area contributed by atoms with Crippen molar-refractivity contribution < 1.29 is 0 Å². The Morgan fingerprint density at radius 3 is 2.93 bits per heavy atom. The van der Waals surface area contributed by atoms with E-state index >= 15 is 0 Å². The molecule has 0 aliphatic rings. The molecule has 0 aliphatic heterocycles. The minimum atomic E-state index is 1.03. The lowest BCUT2D eigenvalue weighted by molar-refractivity contribution is 0.729. The molecule has 0 radical (unpaired) electrons. The first-order valence-corrected chi connectivity index (χ1v) is 6.61. The minimum Gasteiger partial charge on any atom is -0.250 e. The summed E-state index contributed by atoms with van der Waals surface area (Å²) in [5.74, 6) is 1.03. The maximum atomic E-state index is 4.26. The van der Waals surface area contributed by atoms with Gasteiger partial charge in [0.2, 0.25) is 0 Å². The summed E-state index contributed by atoms with van der Waals surface area (Å²) in [5, 5.41) is 1.11. The second-order valence-corrected chi connectivity index (χ2v) is 4.49. The zero-order valence-electron chi connectivity index (χ0n) is 9.36. The number of hydrogen-bond acceptors (Lipinski definition) is 2. The molecule has 0 aromatic carbocycles. The van der Waals surface area contributed by atoms with Crippen LogP contribution in [0.5, 0.6) is 0 Å². The number of pyridine rings is 1. The highest BCUT2D eigenvalue weighted by molar-refractivity contribution is 7.99. The van der Waals surface area contributed by atoms with Crippen molar-refractivity contribution in [2.24, 2.45) is 0 Å². The van der Waals surface area contributed by atoms with Crippen LogP contribution in [0.25, 0.3) is 0 Å². The van der Waals surface area contributed by atoms with Gasteiger partial charge in [0, 0.05) is 11.9 Å². The third kappa shape index (κ3) is 6.34. The maximum absolute atomic E-state index is 4.26. The van der Waals surface area contributed by atoms with Gasteiger partial charge in [0.25, 0.3) is 0 Å². The van der Waals surface area contributed by atoms with Gasteiger partial charge >= 0.3 is 0 Å². The number of rotatable bonds is 7. The van der Waals surface area contributed by atoms with Gasteiger partial charge in [-0.3, -0.25) is 0 Å². The van der Waals surface area contributed by atoms with Gasteiger partial charge in [-0.1, -0.05) is 38.0 Å². The molecule has 0 aliphatic carbocycles. The molecule has 82 valence electrons. The quantitative estimate of drug-likeness (QED) is 0.386. The van der Waals surface area contributed by atoms with E-state index < -0.39 is 0 Å². The van der Waals surface area contributed by atoms with Crippen LogP contribution in [0.1, 0.15) is 32.6 Å². The zero-order valence-corrected chi connectivity index (χ0v) is 10.2. The van der Waals surface area contributed by atoms with Gasteiger partial charge < -0.3 is 0 Å². The first kappa shape index (κ1) is 12.3. The molecular formula is C13H19NS. The lowest BCUT2D eigenvalue weighted by atomic mass is 10.2. The van der Waals surface area contributed by atoms with Crippen molar-refractivity contribution in [2.45, 2.75) is 37.6 Å². The standard InChI is InChI=1S/C13H19NS/c1-2-3-4-5-6-9-12-15-13-10-7-8-11-14-13/h6-11H,2-5,12H2,1H3/b9-6+. The Labute approximate surface area is 97.0 Å². The third-order valence-electron chi connectivity index (χ3n) is 2.11. The molecule has 0 amide bonds. The van der Waals surface area contributed by atoms with Crippen molar-refractivity contribution in [1.82, 2.24) is 4.98 Å². The van der Waals surface area contributed by atoms with Gasteiger partial charge in [-0.05, 0) is 25.0 Å². The predicted molar refractivity (Wildman–Crippen MR) is 68.2 cm³/mol. The van der Waals surface area contributed by atoms with Crippen molar-refractivity contribution in [3.05, 3.63) is 36.5 Å². The van der Waals surface area contributed by atoms with E-state index in [-0.39, 0.29) is 0 Å². The molecule has 0 saturated carbocycles. The molecule has 1 aromatic heterocycles. The van der Waals surface area contributed by atoms with E-state index in [9.17, 15) is 0 Å². The largest absolute Gasteiger partial charge is 0.250 e. The van der Waals surface area contributed by atoms with Crippen LogP contribution in [-0.2, 0) is 0 Å². The van der Waals surface area contributed by atoms with Crippen LogP contribution < -0.4 is 0 Å². The first-order chi connectivity index (χ1) is 7.43. The van der Waals surface area contributed by atoms with Crippen molar-refractivity contribution in [3.8, 4) is 0 Å². The van der Waals surface area contributed by atoms with Crippen molar-refractivity contribution >= 4 is 11.8 Å². The van der Waals surface area contributed by atoms with Crippen molar-refractivity contribution in [2.75, 3.05) is 5.75 Å². The molecular weight excluding hydrogens is 202 g/mol. The van der Waals surface area contributed by atoms with Crippen molar-refractivity contribution in [1.29, 1.82) is 0 Å². The number of hydrogen-bond donors (Lipinski definition) is 0. The average Bonchev–Trinajstić information content (AvgIpc) is 2.29. The smallest absolute Gasteiger partial charge is 0.0962 e. The lowest BCUT2D eigenvalue weighted by Gasteiger charge is -1.95. The molecule has 1 aromatic rings. The Kier molecular flexibility index (Phi) is 7.01. The van der Waals surface area contributed by atoms with Gasteiger partial charge in [0.15, 0.2) is 0 Å². The van der Waals surface area contributed by atoms with E-state index in [1.807, 2.05) is 18.3 Å². The minimum absolute atomic E-state index is 1.03. The monoisotopic (exact) mass is 221 g/mol. The van der Waals surface area contributed by atoms with E-state index in [1.165, 1.54) is 25.7 Å². The Morgan fingerprint density at radius 2 is 2.20 bits per heavy atom. The van der Waals surface area contributed by atoms with Crippen LogP contribution in [-0.4, -0.2) is 10.7 Å². The molecule has 0 spiro atoms. The Morgan fingerprint density at radius 1 is 1.27 bits per heavy atom.